The third-order valence-corrected chi connectivity index (χ3v) is 7.49. The Labute approximate surface area is 226 Å². The predicted molar refractivity (Wildman–Crippen MR) is 148 cm³/mol. The lowest BCUT2D eigenvalue weighted by Crippen LogP contribution is -2.53. The number of aryl methyl sites for hydroxylation is 1. The predicted octanol–water partition coefficient (Wildman–Crippen LogP) is 1.88. The number of hydrogen-bond donors (Lipinski definition) is 0. The van der Waals surface area contributed by atoms with Gasteiger partial charge in [0, 0.05) is 48.4 Å². The summed E-state index contributed by atoms with van der Waals surface area (Å²) < 4.78 is 26.2. The van der Waals surface area contributed by atoms with E-state index < -0.39 is 0 Å². The summed E-state index contributed by atoms with van der Waals surface area (Å²) in [5.74, 6) is 1.24. The highest BCUT2D eigenvalue weighted by Crippen LogP contribution is 2.36. The molecule has 0 amide bonds. The Morgan fingerprint density at radius 2 is 1.87 bits per heavy atom. The van der Waals surface area contributed by atoms with Crippen LogP contribution in [0.15, 0.2) is 41.5 Å². The van der Waals surface area contributed by atoms with Crippen molar-refractivity contribution in [3.05, 3.63) is 47.1 Å². The third kappa shape index (κ3) is 4.60. The van der Waals surface area contributed by atoms with Crippen LogP contribution in [0.25, 0.3) is 33.1 Å². The number of benzene rings is 1. The van der Waals surface area contributed by atoms with Gasteiger partial charge in [0.1, 0.15) is 17.9 Å². The van der Waals surface area contributed by atoms with Gasteiger partial charge in [0.25, 0.3) is 0 Å². The quantitative estimate of drug-likeness (QED) is 0.336. The molecular formula is C28H34N6O5. The average Bonchev–Trinajstić information content (AvgIpc) is 3.19. The molecule has 206 valence electrons. The van der Waals surface area contributed by atoms with Gasteiger partial charge in [-0.1, -0.05) is 0 Å². The van der Waals surface area contributed by atoms with Crippen LogP contribution in [-0.2, 0) is 16.5 Å². The van der Waals surface area contributed by atoms with Crippen molar-refractivity contribution in [1.82, 2.24) is 24.1 Å². The second-order valence-electron chi connectivity index (χ2n) is 10.7. The van der Waals surface area contributed by atoms with E-state index in [-0.39, 0.29) is 11.1 Å². The van der Waals surface area contributed by atoms with Crippen molar-refractivity contribution in [2.45, 2.75) is 0 Å². The van der Waals surface area contributed by atoms with Crippen LogP contribution in [0.3, 0.4) is 0 Å². The molecule has 1 aromatic carbocycles. The number of aromatic nitrogens is 4. The summed E-state index contributed by atoms with van der Waals surface area (Å²) in [5.41, 5.74) is 3.96. The van der Waals surface area contributed by atoms with Gasteiger partial charge in [-0.25, -0.2) is 14.5 Å². The Balaban J connectivity index is 1.38. The number of nitrogens with zero attached hydrogens (tertiary/aromatic N) is 6. The van der Waals surface area contributed by atoms with Gasteiger partial charge >= 0.3 is 5.69 Å². The topological polar surface area (TPSA) is 96.1 Å². The molecule has 4 aromatic rings. The largest absolute Gasteiger partial charge is 0.496 e. The number of methoxy groups -OCH3 is 1. The molecule has 2 aliphatic rings. The minimum absolute atomic E-state index is 0.00422. The summed E-state index contributed by atoms with van der Waals surface area (Å²) >= 11 is 0. The van der Waals surface area contributed by atoms with Crippen molar-refractivity contribution in [1.29, 1.82) is 0 Å². The standard InChI is InChI=1S/C28H34N6O5/c1-31(2)15-28(16-38-17-28)18-39-25-6-5-19(13-30-25)20-11-21-22(12-24(20)36-4)29-14-23-26(21)34(27(35)32(23)3)33-7-9-37-10-8-33/h5-6,11-14H,7-10,15-18H2,1-4H3. The Hall–Kier alpha value is -3.67. The van der Waals surface area contributed by atoms with Crippen LogP contribution in [0.1, 0.15) is 0 Å². The van der Waals surface area contributed by atoms with Crippen LogP contribution in [0, 0.1) is 5.41 Å². The van der Waals surface area contributed by atoms with Crippen molar-refractivity contribution >= 4 is 21.9 Å². The molecule has 0 saturated carbocycles. The van der Waals surface area contributed by atoms with Crippen LogP contribution in [0.5, 0.6) is 11.6 Å². The highest BCUT2D eigenvalue weighted by atomic mass is 16.5. The lowest BCUT2D eigenvalue weighted by molar-refractivity contribution is -0.140. The maximum absolute atomic E-state index is 13.3. The number of ether oxygens (including phenoxy) is 4. The van der Waals surface area contributed by atoms with Crippen molar-refractivity contribution in [2.24, 2.45) is 12.5 Å². The molecule has 0 atom stereocenters. The number of pyridine rings is 2. The van der Waals surface area contributed by atoms with Gasteiger partial charge in [0.15, 0.2) is 0 Å². The fourth-order valence-corrected chi connectivity index (χ4v) is 5.55. The van der Waals surface area contributed by atoms with Crippen LogP contribution in [0.4, 0.5) is 0 Å². The zero-order valence-electron chi connectivity index (χ0n) is 22.8. The molecule has 0 aliphatic carbocycles. The first-order valence-electron chi connectivity index (χ1n) is 13.1. The van der Waals surface area contributed by atoms with Gasteiger partial charge in [-0.3, -0.25) is 9.55 Å². The summed E-state index contributed by atoms with van der Waals surface area (Å²) in [4.78, 5) is 24.7. The monoisotopic (exact) mass is 534 g/mol. The van der Waals surface area contributed by atoms with E-state index in [0.717, 1.165) is 39.6 Å². The van der Waals surface area contributed by atoms with Crippen LogP contribution in [-0.4, -0.2) is 98.0 Å². The zero-order valence-corrected chi connectivity index (χ0v) is 22.8. The van der Waals surface area contributed by atoms with E-state index in [1.54, 1.807) is 35.8 Å². The summed E-state index contributed by atoms with van der Waals surface area (Å²) in [5, 5.41) is 2.91. The molecule has 0 radical (unpaired) electrons. The molecule has 39 heavy (non-hydrogen) atoms. The van der Waals surface area contributed by atoms with Crippen LogP contribution >= 0.6 is 0 Å². The highest BCUT2D eigenvalue weighted by molar-refractivity contribution is 6.05. The van der Waals surface area contributed by atoms with Gasteiger partial charge < -0.3 is 28.9 Å². The van der Waals surface area contributed by atoms with Gasteiger partial charge in [0.05, 0.1) is 69.3 Å². The normalized spacial score (nSPS) is 17.1. The number of rotatable bonds is 8. The smallest absolute Gasteiger partial charge is 0.347 e. The van der Waals surface area contributed by atoms with Crippen LogP contribution < -0.4 is 20.2 Å². The lowest BCUT2D eigenvalue weighted by atomic mass is 9.86. The lowest BCUT2D eigenvalue weighted by Gasteiger charge is -2.42. The van der Waals surface area contributed by atoms with E-state index in [9.17, 15) is 4.79 Å². The van der Waals surface area contributed by atoms with Crippen molar-refractivity contribution < 1.29 is 18.9 Å². The number of hydrogen-bond acceptors (Lipinski definition) is 9. The maximum atomic E-state index is 13.3. The molecule has 11 heteroatoms. The first kappa shape index (κ1) is 25.6. The third-order valence-electron chi connectivity index (χ3n) is 7.49. The minimum atomic E-state index is -0.106. The van der Waals surface area contributed by atoms with E-state index in [4.69, 9.17) is 18.9 Å². The van der Waals surface area contributed by atoms with Gasteiger partial charge in [0.2, 0.25) is 5.88 Å². The zero-order chi connectivity index (χ0) is 27.1. The first-order chi connectivity index (χ1) is 18.9. The van der Waals surface area contributed by atoms with Gasteiger partial charge in [-0.2, -0.15) is 0 Å². The van der Waals surface area contributed by atoms with Crippen molar-refractivity contribution in [3.63, 3.8) is 0 Å². The van der Waals surface area contributed by atoms with E-state index >= 15 is 0 Å². The van der Waals surface area contributed by atoms with E-state index in [1.165, 1.54) is 0 Å². The Bertz CT molecular complexity index is 1550. The van der Waals surface area contributed by atoms with Gasteiger partial charge in [-0.05, 0) is 26.2 Å². The Morgan fingerprint density at radius 1 is 1.08 bits per heavy atom. The summed E-state index contributed by atoms with van der Waals surface area (Å²) in [7, 11) is 7.54. The summed E-state index contributed by atoms with van der Waals surface area (Å²) in [6, 6.07) is 7.81. The van der Waals surface area contributed by atoms with E-state index in [2.05, 4.69) is 29.0 Å². The van der Waals surface area contributed by atoms with Crippen LogP contribution in [0.2, 0.25) is 0 Å². The Morgan fingerprint density at radius 3 is 2.51 bits per heavy atom. The minimum Gasteiger partial charge on any atom is -0.496 e. The molecular weight excluding hydrogens is 500 g/mol. The molecule has 0 unspecified atom stereocenters. The highest BCUT2D eigenvalue weighted by Gasteiger charge is 2.40. The molecule has 11 nitrogen and oxygen atoms in total. The number of imidazole rings is 1. The summed E-state index contributed by atoms with van der Waals surface area (Å²) in [6.07, 6.45) is 3.54. The van der Waals surface area contributed by atoms with E-state index in [1.807, 2.05) is 29.3 Å². The second-order valence-corrected chi connectivity index (χ2v) is 10.7. The first-order valence-corrected chi connectivity index (χ1v) is 13.1. The molecule has 0 spiro atoms. The fourth-order valence-electron chi connectivity index (χ4n) is 5.55. The van der Waals surface area contributed by atoms with Crippen molar-refractivity contribution in [3.8, 4) is 22.8 Å². The Kier molecular flexibility index (Phi) is 6.66. The molecule has 6 rings (SSSR count). The van der Waals surface area contributed by atoms with Gasteiger partial charge in [-0.15, -0.1) is 0 Å². The van der Waals surface area contributed by atoms with Crippen molar-refractivity contribution in [2.75, 3.05) is 78.9 Å². The number of fused-ring (bicyclic) bond motifs is 3. The molecule has 2 saturated heterocycles. The molecule has 2 fully saturated rings. The average molecular weight is 535 g/mol. The molecule has 0 bridgehead atoms. The summed E-state index contributed by atoms with van der Waals surface area (Å²) in [6.45, 7) is 5.26. The molecule has 2 aliphatic heterocycles. The molecule has 5 heterocycles. The second kappa shape index (κ2) is 10.1. The molecule has 3 aromatic heterocycles. The SMILES string of the molecule is COc1cc2ncc3c(c2cc1-c1ccc(OCC2(CN(C)C)COC2)nc1)n(N1CCOCC1)c(=O)n3C. The maximum Gasteiger partial charge on any atom is 0.347 e. The fraction of sp³-hybridized carbons (Fsp3) is 0.464. The molecule has 0 N–H and O–H groups in total. The van der Waals surface area contributed by atoms with E-state index in [0.29, 0.717) is 57.8 Å². The number of morpholine rings is 1.